The molecule has 1 N–H and O–H groups in total. The molecule has 0 saturated carbocycles. The third kappa shape index (κ3) is 3.95. The number of rotatable bonds is 6. The van der Waals surface area contributed by atoms with Gasteiger partial charge in [0.05, 0.1) is 14.2 Å². The van der Waals surface area contributed by atoms with Crippen LogP contribution in [0.1, 0.15) is 15.9 Å². The van der Waals surface area contributed by atoms with Gasteiger partial charge < -0.3 is 14.8 Å². The second-order valence-electron chi connectivity index (χ2n) is 4.59. The number of ether oxygens (including phenoxy) is 2. The molecule has 0 fully saturated rings. The number of amides is 1. The highest BCUT2D eigenvalue weighted by atomic mass is 32.2. The van der Waals surface area contributed by atoms with Gasteiger partial charge in [0, 0.05) is 28.6 Å². The van der Waals surface area contributed by atoms with Crippen molar-refractivity contribution >= 4 is 17.7 Å². The number of carbonyl (C=O) groups excluding carboxylic acids is 1. The summed E-state index contributed by atoms with van der Waals surface area (Å²) in [6.07, 6.45) is 2.00. The highest BCUT2D eigenvalue weighted by molar-refractivity contribution is 7.98. The Bertz CT molecular complexity index is 641. The molecule has 22 heavy (non-hydrogen) atoms. The summed E-state index contributed by atoms with van der Waals surface area (Å²) in [6.45, 7) is 0.399. The maximum absolute atomic E-state index is 12.2. The topological polar surface area (TPSA) is 47.6 Å². The Labute approximate surface area is 134 Å². The summed E-state index contributed by atoms with van der Waals surface area (Å²) in [5.74, 6) is 1.31. The molecule has 5 heteroatoms. The predicted octanol–water partition coefficient (Wildman–Crippen LogP) is 3.36. The molecule has 0 aliphatic rings. The fraction of sp³-hybridized carbons (Fsp3) is 0.235. The fourth-order valence-electron chi connectivity index (χ4n) is 2.02. The van der Waals surface area contributed by atoms with Crippen molar-refractivity contribution in [3.05, 3.63) is 53.6 Å². The van der Waals surface area contributed by atoms with E-state index in [-0.39, 0.29) is 5.91 Å². The highest BCUT2D eigenvalue weighted by Gasteiger charge is 2.09. The van der Waals surface area contributed by atoms with Crippen LogP contribution in [0.3, 0.4) is 0 Å². The second-order valence-corrected chi connectivity index (χ2v) is 5.47. The zero-order chi connectivity index (χ0) is 15.9. The Hall–Kier alpha value is -2.14. The van der Waals surface area contributed by atoms with Crippen LogP contribution in [0.25, 0.3) is 0 Å². The molecule has 0 atom stereocenters. The summed E-state index contributed by atoms with van der Waals surface area (Å²) in [4.78, 5) is 13.3. The van der Waals surface area contributed by atoms with Gasteiger partial charge in [0.1, 0.15) is 11.5 Å². The van der Waals surface area contributed by atoms with Crippen molar-refractivity contribution in [1.29, 1.82) is 0 Å². The molecule has 0 unspecified atom stereocenters. The smallest absolute Gasteiger partial charge is 0.251 e. The largest absolute Gasteiger partial charge is 0.497 e. The van der Waals surface area contributed by atoms with Gasteiger partial charge in [0.15, 0.2) is 0 Å². The Balaban J connectivity index is 2.04. The number of thioether (sulfide) groups is 1. The van der Waals surface area contributed by atoms with E-state index in [4.69, 9.17) is 9.47 Å². The van der Waals surface area contributed by atoms with Crippen molar-refractivity contribution in [2.45, 2.75) is 11.4 Å². The van der Waals surface area contributed by atoms with E-state index in [0.717, 1.165) is 16.2 Å². The van der Waals surface area contributed by atoms with Gasteiger partial charge in [-0.3, -0.25) is 4.79 Å². The van der Waals surface area contributed by atoms with E-state index < -0.39 is 0 Å². The van der Waals surface area contributed by atoms with Crippen LogP contribution in [-0.2, 0) is 6.54 Å². The van der Waals surface area contributed by atoms with Gasteiger partial charge in [-0.2, -0.15) is 0 Å². The summed E-state index contributed by atoms with van der Waals surface area (Å²) < 4.78 is 10.5. The molecule has 0 spiro atoms. The van der Waals surface area contributed by atoms with E-state index in [1.807, 2.05) is 42.7 Å². The molecule has 1 amide bonds. The Morgan fingerprint density at radius 3 is 2.41 bits per heavy atom. The first-order valence-corrected chi connectivity index (χ1v) is 8.03. The molecule has 0 radical (unpaired) electrons. The number of nitrogens with one attached hydrogen (secondary N) is 1. The SMILES string of the molecule is COc1ccc(CNC(=O)c2ccc(SC)cc2)c(OC)c1. The fourth-order valence-corrected chi connectivity index (χ4v) is 2.43. The molecule has 2 aromatic rings. The first-order valence-electron chi connectivity index (χ1n) is 6.81. The average Bonchev–Trinajstić information content (AvgIpc) is 2.59. The number of benzene rings is 2. The molecular weight excluding hydrogens is 298 g/mol. The normalized spacial score (nSPS) is 10.1. The van der Waals surface area contributed by atoms with Crippen molar-refractivity contribution in [2.75, 3.05) is 20.5 Å². The van der Waals surface area contributed by atoms with Gasteiger partial charge in [-0.15, -0.1) is 11.8 Å². The third-order valence-corrected chi connectivity index (χ3v) is 4.03. The molecule has 0 saturated heterocycles. The minimum absolute atomic E-state index is 0.106. The summed E-state index contributed by atoms with van der Waals surface area (Å²) in [7, 11) is 3.20. The van der Waals surface area contributed by atoms with E-state index in [1.165, 1.54) is 0 Å². The lowest BCUT2D eigenvalue weighted by Crippen LogP contribution is -2.23. The van der Waals surface area contributed by atoms with Crippen LogP contribution < -0.4 is 14.8 Å². The summed E-state index contributed by atoms with van der Waals surface area (Å²) in [5, 5.41) is 2.90. The first kappa shape index (κ1) is 16.2. The Morgan fingerprint density at radius 2 is 1.82 bits per heavy atom. The third-order valence-electron chi connectivity index (χ3n) is 3.29. The second kappa shape index (κ2) is 7.75. The molecule has 116 valence electrons. The zero-order valence-electron chi connectivity index (χ0n) is 12.9. The highest BCUT2D eigenvalue weighted by Crippen LogP contribution is 2.24. The molecule has 0 heterocycles. The van der Waals surface area contributed by atoms with Crippen LogP contribution in [0.5, 0.6) is 11.5 Å². The zero-order valence-corrected chi connectivity index (χ0v) is 13.7. The van der Waals surface area contributed by atoms with E-state index >= 15 is 0 Å². The Kier molecular flexibility index (Phi) is 5.72. The van der Waals surface area contributed by atoms with Gasteiger partial charge in [-0.05, 0) is 42.7 Å². The van der Waals surface area contributed by atoms with Crippen LogP contribution in [0, 0.1) is 0 Å². The van der Waals surface area contributed by atoms with Gasteiger partial charge >= 0.3 is 0 Å². The van der Waals surface area contributed by atoms with Gasteiger partial charge in [0.25, 0.3) is 5.91 Å². The number of hydrogen-bond acceptors (Lipinski definition) is 4. The minimum atomic E-state index is -0.106. The van der Waals surface area contributed by atoms with Crippen LogP contribution in [0.2, 0.25) is 0 Å². The molecule has 2 rings (SSSR count). The number of carbonyl (C=O) groups is 1. The van der Waals surface area contributed by atoms with Crippen LogP contribution in [-0.4, -0.2) is 26.4 Å². The molecule has 0 bridgehead atoms. The van der Waals surface area contributed by atoms with Crippen molar-refractivity contribution in [2.24, 2.45) is 0 Å². The number of methoxy groups -OCH3 is 2. The minimum Gasteiger partial charge on any atom is -0.497 e. The lowest BCUT2D eigenvalue weighted by atomic mass is 10.1. The number of hydrogen-bond donors (Lipinski definition) is 1. The lowest BCUT2D eigenvalue weighted by molar-refractivity contribution is 0.0950. The summed E-state index contributed by atoms with van der Waals surface area (Å²) in [6, 6.07) is 13.1. The molecule has 0 aliphatic carbocycles. The molecular formula is C17H19NO3S. The van der Waals surface area contributed by atoms with Crippen LogP contribution in [0.15, 0.2) is 47.4 Å². The van der Waals surface area contributed by atoms with Crippen molar-refractivity contribution in [1.82, 2.24) is 5.32 Å². The van der Waals surface area contributed by atoms with Crippen LogP contribution in [0.4, 0.5) is 0 Å². The van der Waals surface area contributed by atoms with Crippen molar-refractivity contribution in [3.8, 4) is 11.5 Å². The lowest BCUT2D eigenvalue weighted by Gasteiger charge is -2.11. The summed E-state index contributed by atoms with van der Waals surface area (Å²) >= 11 is 1.65. The standard InChI is InChI=1S/C17H19NO3S/c1-20-14-7-4-13(16(10-14)21-2)11-18-17(19)12-5-8-15(22-3)9-6-12/h4-10H,11H2,1-3H3,(H,18,19). The van der Waals surface area contributed by atoms with Crippen LogP contribution >= 0.6 is 11.8 Å². The molecule has 0 aromatic heterocycles. The van der Waals surface area contributed by atoms with Gasteiger partial charge in [0.2, 0.25) is 0 Å². The summed E-state index contributed by atoms with van der Waals surface area (Å²) in [5.41, 5.74) is 1.54. The van der Waals surface area contributed by atoms with Gasteiger partial charge in [-0.1, -0.05) is 0 Å². The van der Waals surface area contributed by atoms with Crippen molar-refractivity contribution in [3.63, 3.8) is 0 Å². The van der Waals surface area contributed by atoms with E-state index in [1.54, 1.807) is 32.0 Å². The Morgan fingerprint density at radius 1 is 1.09 bits per heavy atom. The van der Waals surface area contributed by atoms with Crippen molar-refractivity contribution < 1.29 is 14.3 Å². The predicted molar refractivity (Wildman–Crippen MR) is 88.9 cm³/mol. The maximum atomic E-state index is 12.2. The monoisotopic (exact) mass is 317 g/mol. The molecule has 2 aromatic carbocycles. The van der Waals surface area contributed by atoms with Gasteiger partial charge in [-0.25, -0.2) is 0 Å². The quantitative estimate of drug-likeness (QED) is 0.830. The average molecular weight is 317 g/mol. The van der Waals surface area contributed by atoms with E-state index in [9.17, 15) is 4.79 Å². The maximum Gasteiger partial charge on any atom is 0.251 e. The van der Waals surface area contributed by atoms with E-state index in [2.05, 4.69) is 5.32 Å². The van der Waals surface area contributed by atoms with E-state index in [0.29, 0.717) is 17.9 Å². The molecule has 4 nitrogen and oxygen atoms in total. The first-order chi connectivity index (χ1) is 10.7. The molecule has 0 aliphatic heterocycles.